The van der Waals surface area contributed by atoms with Crippen molar-refractivity contribution in [3.05, 3.63) is 46.9 Å². The molecule has 0 atom stereocenters. The monoisotopic (exact) mass is 468 g/mol. The topological polar surface area (TPSA) is 92.3 Å². The second-order valence-corrected chi connectivity index (χ2v) is 10.1. The van der Waals surface area contributed by atoms with Crippen molar-refractivity contribution in [1.29, 1.82) is 0 Å². The molecule has 27 heavy (non-hydrogen) atoms. The van der Waals surface area contributed by atoms with Gasteiger partial charge in [0, 0.05) is 33.7 Å². The van der Waals surface area contributed by atoms with Gasteiger partial charge in [0.2, 0.25) is 11.8 Å². The summed E-state index contributed by atoms with van der Waals surface area (Å²) in [4.78, 5) is 24.7. The smallest absolute Gasteiger partial charge is 0.225 e. The van der Waals surface area contributed by atoms with Gasteiger partial charge in [0.1, 0.15) is 0 Å². The molecule has 0 aliphatic carbocycles. The van der Waals surface area contributed by atoms with Crippen molar-refractivity contribution in [2.45, 2.75) is 22.6 Å². The van der Waals surface area contributed by atoms with Gasteiger partial charge in [-0.05, 0) is 36.4 Å². The zero-order valence-corrected chi connectivity index (χ0v) is 17.4. The summed E-state index contributed by atoms with van der Waals surface area (Å²) in [6, 6.07) is 11.7. The van der Waals surface area contributed by atoms with E-state index in [1.54, 1.807) is 24.3 Å². The first-order valence-electron chi connectivity index (χ1n) is 8.18. The predicted molar refractivity (Wildman–Crippen MR) is 110 cm³/mol. The van der Waals surface area contributed by atoms with Crippen LogP contribution in [0.4, 0.5) is 11.4 Å². The lowest BCUT2D eigenvalue weighted by Gasteiger charge is -2.10. The minimum atomic E-state index is -3.65. The van der Waals surface area contributed by atoms with E-state index in [1.165, 1.54) is 23.9 Å². The molecule has 2 N–H and O–H groups in total. The van der Waals surface area contributed by atoms with Crippen molar-refractivity contribution in [2.24, 2.45) is 0 Å². The molecule has 9 heteroatoms. The molecule has 142 valence electrons. The molecule has 1 aliphatic heterocycles. The number of nitrogens with one attached hydrogen (secondary N) is 2. The highest BCUT2D eigenvalue weighted by Gasteiger charge is 2.20. The Morgan fingerprint density at radius 1 is 1.22 bits per heavy atom. The molecule has 6 nitrogen and oxygen atoms in total. The highest BCUT2D eigenvalue weighted by molar-refractivity contribution is 9.10. The third-order valence-electron chi connectivity index (χ3n) is 3.88. The number of fused-ring (bicyclic) bond motifs is 1. The second kappa shape index (κ2) is 8.45. The molecule has 0 spiro atoms. The number of carbonyl (C=O) groups is 2. The molecule has 0 bridgehead atoms. The Kier molecular flexibility index (Phi) is 6.23. The van der Waals surface area contributed by atoms with E-state index < -0.39 is 9.84 Å². The largest absolute Gasteiger partial charge is 0.326 e. The summed E-state index contributed by atoms with van der Waals surface area (Å²) in [6.45, 7) is 0. The molecular weight excluding hydrogens is 452 g/mol. The SMILES string of the molecule is O=C(CCS(=O)(=O)c1ccc2c(c1)NC(=O)CCS2)Nc1cccc(Br)c1. The minimum Gasteiger partial charge on any atom is -0.326 e. The first-order chi connectivity index (χ1) is 12.8. The standard InChI is InChI=1S/C18H17BrN2O4S2/c19-12-2-1-3-13(10-12)20-18(23)7-9-27(24,25)14-4-5-16-15(11-14)21-17(22)6-8-26-16/h1-5,10-11H,6-9H2,(H,20,23)(H,21,22). The second-order valence-electron chi connectivity index (χ2n) is 5.93. The zero-order valence-electron chi connectivity index (χ0n) is 14.2. The number of hydrogen-bond donors (Lipinski definition) is 2. The average Bonchev–Trinajstić information content (AvgIpc) is 2.80. The fourth-order valence-corrected chi connectivity index (χ4v) is 5.13. The van der Waals surface area contributed by atoms with Crippen LogP contribution in [0.15, 0.2) is 56.7 Å². The van der Waals surface area contributed by atoms with Crippen LogP contribution in [0.25, 0.3) is 0 Å². The third kappa shape index (κ3) is 5.33. The number of sulfone groups is 1. The summed E-state index contributed by atoms with van der Waals surface area (Å²) in [7, 11) is -3.65. The van der Waals surface area contributed by atoms with Gasteiger partial charge in [-0.25, -0.2) is 8.42 Å². The third-order valence-corrected chi connectivity index (χ3v) is 7.16. The molecule has 2 amide bonds. The van der Waals surface area contributed by atoms with Crippen LogP contribution >= 0.6 is 27.7 Å². The van der Waals surface area contributed by atoms with Gasteiger partial charge in [0.15, 0.2) is 9.84 Å². The van der Waals surface area contributed by atoms with Crippen molar-refractivity contribution < 1.29 is 18.0 Å². The Morgan fingerprint density at radius 3 is 2.81 bits per heavy atom. The quantitative estimate of drug-likeness (QED) is 0.697. The van der Waals surface area contributed by atoms with Crippen LogP contribution < -0.4 is 10.6 Å². The molecular formula is C18H17BrN2O4S2. The van der Waals surface area contributed by atoms with Crippen molar-refractivity contribution >= 4 is 60.7 Å². The lowest BCUT2D eigenvalue weighted by atomic mass is 10.3. The highest BCUT2D eigenvalue weighted by atomic mass is 79.9. The van der Waals surface area contributed by atoms with Gasteiger partial charge >= 0.3 is 0 Å². The maximum atomic E-state index is 12.6. The number of thioether (sulfide) groups is 1. The molecule has 1 heterocycles. The molecule has 0 radical (unpaired) electrons. The van der Waals surface area contributed by atoms with Crippen LogP contribution in [-0.4, -0.2) is 31.7 Å². The Hall–Kier alpha value is -1.84. The highest BCUT2D eigenvalue weighted by Crippen LogP contribution is 2.33. The lowest BCUT2D eigenvalue weighted by molar-refractivity contribution is -0.116. The van der Waals surface area contributed by atoms with Crippen LogP contribution in [0.3, 0.4) is 0 Å². The van der Waals surface area contributed by atoms with Crippen LogP contribution in [0.2, 0.25) is 0 Å². The number of halogens is 1. The molecule has 1 aliphatic rings. The van der Waals surface area contributed by atoms with E-state index in [0.29, 0.717) is 23.5 Å². The molecule has 0 saturated carbocycles. The van der Waals surface area contributed by atoms with Crippen LogP contribution in [0, 0.1) is 0 Å². The van der Waals surface area contributed by atoms with Gasteiger partial charge in [0.05, 0.1) is 16.3 Å². The van der Waals surface area contributed by atoms with Gasteiger partial charge in [-0.1, -0.05) is 22.0 Å². The maximum absolute atomic E-state index is 12.6. The van der Waals surface area contributed by atoms with Crippen LogP contribution in [-0.2, 0) is 19.4 Å². The molecule has 0 saturated heterocycles. The zero-order chi connectivity index (χ0) is 19.4. The number of hydrogen-bond acceptors (Lipinski definition) is 5. The van der Waals surface area contributed by atoms with E-state index in [-0.39, 0.29) is 28.9 Å². The number of carbonyl (C=O) groups excluding carboxylic acids is 2. The number of anilines is 2. The molecule has 0 aromatic heterocycles. The van der Waals surface area contributed by atoms with E-state index in [1.807, 2.05) is 6.07 Å². The van der Waals surface area contributed by atoms with E-state index in [9.17, 15) is 18.0 Å². The van der Waals surface area contributed by atoms with Gasteiger partial charge < -0.3 is 10.6 Å². The Morgan fingerprint density at radius 2 is 2.04 bits per heavy atom. The molecule has 3 rings (SSSR count). The van der Waals surface area contributed by atoms with Gasteiger partial charge in [-0.3, -0.25) is 9.59 Å². The van der Waals surface area contributed by atoms with Crippen molar-refractivity contribution in [1.82, 2.24) is 0 Å². The Labute approximate surface area is 170 Å². The molecule has 2 aromatic rings. The summed E-state index contributed by atoms with van der Waals surface area (Å²) < 4.78 is 26.0. The van der Waals surface area contributed by atoms with Gasteiger partial charge in [-0.2, -0.15) is 0 Å². The molecule has 0 unspecified atom stereocenters. The van der Waals surface area contributed by atoms with E-state index >= 15 is 0 Å². The first kappa shape index (κ1) is 19.9. The summed E-state index contributed by atoms with van der Waals surface area (Å²) in [5, 5.41) is 5.41. The summed E-state index contributed by atoms with van der Waals surface area (Å²) >= 11 is 4.82. The van der Waals surface area contributed by atoms with Crippen LogP contribution in [0.5, 0.6) is 0 Å². The molecule has 2 aromatic carbocycles. The lowest BCUT2D eigenvalue weighted by Crippen LogP contribution is -2.17. The van der Waals surface area contributed by atoms with E-state index in [4.69, 9.17) is 0 Å². The fraction of sp³-hybridized carbons (Fsp3) is 0.222. The average molecular weight is 469 g/mol. The fourth-order valence-electron chi connectivity index (χ4n) is 2.53. The van der Waals surface area contributed by atoms with Crippen molar-refractivity contribution in [3.8, 4) is 0 Å². The van der Waals surface area contributed by atoms with Crippen LogP contribution in [0.1, 0.15) is 12.8 Å². The van der Waals surface area contributed by atoms with Crippen molar-refractivity contribution in [2.75, 3.05) is 22.1 Å². The summed E-state index contributed by atoms with van der Waals surface area (Å²) in [5.74, 6) is -0.174. The van der Waals surface area contributed by atoms with Gasteiger partial charge in [-0.15, -0.1) is 11.8 Å². The van der Waals surface area contributed by atoms with Gasteiger partial charge in [0.25, 0.3) is 0 Å². The van der Waals surface area contributed by atoms with Crippen molar-refractivity contribution in [3.63, 3.8) is 0 Å². The van der Waals surface area contributed by atoms with E-state index in [2.05, 4.69) is 26.6 Å². The predicted octanol–water partition coefficient (Wildman–Crippen LogP) is 3.69. The minimum absolute atomic E-state index is 0.0966. The number of rotatable bonds is 5. The summed E-state index contributed by atoms with van der Waals surface area (Å²) in [6.07, 6.45) is 0.226. The molecule has 0 fully saturated rings. The number of amides is 2. The normalized spacial score (nSPS) is 14.0. The number of benzene rings is 2. The maximum Gasteiger partial charge on any atom is 0.225 e. The Bertz CT molecular complexity index is 993. The summed E-state index contributed by atoms with van der Waals surface area (Å²) in [5.41, 5.74) is 1.10. The van der Waals surface area contributed by atoms with E-state index in [0.717, 1.165) is 9.37 Å². The first-order valence-corrected chi connectivity index (χ1v) is 11.6. The Balaban J connectivity index is 1.68.